The summed E-state index contributed by atoms with van der Waals surface area (Å²) in [5.74, 6) is 0.540. The van der Waals surface area contributed by atoms with Crippen molar-refractivity contribution < 1.29 is 4.39 Å². The van der Waals surface area contributed by atoms with E-state index in [-0.39, 0.29) is 11.4 Å². The minimum atomic E-state index is -0.180. The Kier molecular flexibility index (Phi) is 3.50. The molecule has 0 aromatic heterocycles. The SMILES string of the molecule is CN(Cc1ccc(F)cc1)C(C)(CN)C1CC1. The molecule has 1 aromatic carbocycles. The van der Waals surface area contributed by atoms with Gasteiger partial charge in [-0.15, -0.1) is 0 Å². The summed E-state index contributed by atoms with van der Waals surface area (Å²) < 4.78 is 12.8. The van der Waals surface area contributed by atoms with Crippen molar-refractivity contribution in [3.63, 3.8) is 0 Å². The Morgan fingerprint density at radius 3 is 2.41 bits per heavy atom. The summed E-state index contributed by atoms with van der Waals surface area (Å²) in [5, 5.41) is 0. The number of rotatable bonds is 5. The second kappa shape index (κ2) is 4.75. The van der Waals surface area contributed by atoms with Crippen LogP contribution in [0.3, 0.4) is 0 Å². The van der Waals surface area contributed by atoms with E-state index in [4.69, 9.17) is 5.73 Å². The molecule has 0 radical (unpaired) electrons. The predicted molar refractivity (Wildman–Crippen MR) is 68.1 cm³/mol. The average molecular weight is 236 g/mol. The highest BCUT2D eigenvalue weighted by molar-refractivity contribution is 5.16. The molecule has 2 N–H and O–H groups in total. The lowest BCUT2D eigenvalue weighted by Gasteiger charge is -2.38. The number of halogens is 1. The molecule has 1 saturated carbocycles. The fourth-order valence-corrected chi connectivity index (χ4v) is 2.38. The first-order valence-corrected chi connectivity index (χ1v) is 6.22. The van der Waals surface area contributed by atoms with E-state index in [0.29, 0.717) is 6.54 Å². The van der Waals surface area contributed by atoms with Gasteiger partial charge in [0.2, 0.25) is 0 Å². The lowest BCUT2D eigenvalue weighted by Crippen LogP contribution is -2.51. The molecule has 0 amide bonds. The number of hydrogen-bond acceptors (Lipinski definition) is 2. The third-order valence-electron chi connectivity index (χ3n) is 4.08. The van der Waals surface area contributed by atoms with Crippen molar-refractivity contribution >= 4 is 0 Å². The maximum atomic E-state index is 12.8. The van der Waals surface area contributed by atoms with Crippen molar-refractivity contribution in [2.24, 2.45) is 11.7 Å². The summed E-state index contributed by atoms with van der Waals surface area (Å²) in [5.41, 5.74) is 7.14. The summed E-state index contributed by atoms with van der Waals surface area (Å²) in [4.78, 5) is 2.30. The van der Waals surface area contributed by atoms with Crippen LogP contribution in [0.2, 0.25) is 0 Å². The Morgan fingerprint density at radius 1 is 1.35 bits per heavy atom. The zero-order valence-electron chi connectivity index (χ0n) is 10.6. The van der Waals surface area contributed by atoms with Crippen molar-refractivity contribution in [3.05, 3.63) is 35.6 Å². The van der Waals surface area contributed by atoms with Crippen LogP contribution in [0, 0.1) is 11.7 Å². The molecule has 2 rings (SSSR count). The van der Waals surface area contributed by atoms with E-state index in [0.717, 1.165) is 18.0 Å². The normalized spacial score (nSPS) is 19.4. The molecule has 0 saturated heterocycles. The maximum Gasteiger partial charge on any atom is 0.123 e. The van der Waals surface area contributed by atoms with Gasteiger partial charge in [-0.25, -0.2) is 4.39 Å². The van der Waals surface area contributed by atoms with Crippen LogP contribution in [0.25, 0.3) is 0 Å². The van der Waals surface area contributed by atoms with Gasteiger partial charge in [0.25, 0.3) is 0 Å². The molecule has 0 bridgehead atoms. The van der Waals surface area contributed by atoms with Crippen LogP contribution in [-0.2, 0) is 6.54 Å². The van der Waals surface area contributed by atoms with Gasteiger partial charge < -0.3 is 5.73 Å². The van der Waals surface area contributed by atoms with Crippen molar-refractivity contribution in [1.29, 1.82) is 0 Å². The van der Waals surface area contributed by atoms with Crippen molar-refractivity contribution in [3.8, 4) is 0 Å². The Hall–Kier alpha value is -0.930. The van der Waals surface area contributed by atoms with Gasteiger partial charge in [0.1, 0.15) is 5.82 Å². The van der Waals surface area contributed by atoms with Crippen LogP contribution < -0.4 is 5.73 Å². The molecule has 0 aliphatic heterocycles. The summed E-state index contributed by atoms with van der Waals surface area (Å²) in [6.07, 6.45) is 2.56. The Morgan fingerprint density at radius 2 is 1.94 bits per heavy atom. The van der Waals surface area contributed by atoms with E-state index in [9.17, 15) is 4.39 Å². The maximum absolute atomic E-state index is 12.8. The molecule has 17 heavy (non-hydrogen) atoms. The average Bonchev–Trinajstić information content (AvgIpc) is 3.15. The van der Waals surface area contributed by atoms with Gasteiger partial charge in [-0.2, -0.15) is 0 Å². The van der Waals surface area contributed by atoms with E-state index in [2.05, 4.69) is 18.9 Å². The molecule has 2 nitrogen and oxygen atoms in total. The second-order valence-corrected chi connectivity index (χ2v) is 5.32. The quantitative estimate of drug-likeness (QED) is 0.850. The lowest BCUT2D eigenvalue weighted by atomic mass is 9.93. The summed E-state index contributed by atoms with van der Waals surface area (Å²) in [6, 6.07) is 6.71. The molecule has 1 atom stereocenters. The number of hydrogen-bond donors (Lipinski definition) is 1. The molecule has 0 spiro atoms. The van der Waals surface area contributed by atoms with Crippen molar-refractivity contribution in [2.75, 3.05) is 13.6 Å². The van der Waals surface area contributed by atoms with Gasteiger partial charge >= 0.3 is 0 Å². The Labute approximate surface area is 103 Å². The highest BCUT2D eigenvalue weighted by Gasteiger charge is 2.43. The summed E-state index contributed by atoms with van der Waals surface area (Å²) >= 11 is 0. The number of nitrogens with two attached hydrogens (primary N) is 1. The monoisotopic (exact) mass is 236 g/mol. The van der Waals surface area contributed by atoms with E-state index in [1.165, 1.54) is 25.0 Å². The van der Waals surface area contributed by atoms with Gasteiger partial charge in [0.15, 0.2) is 0 Å². The lowest BCUT2D eigenvalue weighted by molar-refractivity contribution is 0.113. The van der Waals surface area contributed by atoms with E-state index in [1.807, 2.05) is 12.1 Å². The van der Waals surface area contributed by atoms with Crippen LogP contribution in [0.4, 0.5) is 4.39 Å². The largest absolute Gasteiger partial charge is 0.329 e. The highest BCUT2D eigenvalue weighted by atomic mass is 19.1. The molecule has 1 unspecified atom stereocenters. The number of likely N-dealkylation sites (N-methyl/N-ethyl adjacent to an activating group) is 1. The molecule has 94 valence electrons. The van der Waals surface area contributed by atoms with Gasteiger partial charge in [-0.1, -0.05) is 12.1 Å². The number of benzene rings is 1. The Bertz CT molecular complexity index is 372. The van der Waals surface area contributed by atoms with E-state index < -0.39 is 0 Å². The van der Waals surface area contributed by atoms with Crippen LogP contribution in [0.5, 0.6) is 0 Å². The fourth-order valence-electron chi connectivity index (χ4n) is 2.38. The van der Waals surface area contributed by atoms with Gasteiger partial charge in [0, 0.05) is 18.6 Å². The third kappa shape index (κ3) is 2.67. The fraction of sp³-hybridized carbons (Fsp3) is 0.571. The van der Waals surface area contributed by atoms with Gasteiger partial charge in [-0.05, 0) is 50.4 Å². The third-order valence-corrected chi connectivity index (χ3v) is 4.08. The van der Waals surface area contributed by atoms with Crippen LogP contribution >= 0.6 is 0 Å². The molecule has 1 aliphatic carbocycles. The van der Waals surface area contributed by atoms with Crippen LogP contribution in [0.1, 0.15) is 25.3 Å². The van der Waals surface area contributed by atoms with Gasteiger partial charge in [-0.3, -0.25) is 4.90 Å². The predicted octanol–water partition coefficient (Wildman–Crippen LogP) is 2.38. The first-order chi connectivity index (χ1) is 8.06. The standard InChI is InChI=1S/C14H21FN2/c1-14(10-16,12-5-6-12)17(2)9-11-3-7-13(15)8-4-11/h3-4,7-8,12H,5-6,9-10,16H2,1-2H3. The minimum Gasteiger partial charge on any atom is -0.329 e. The molecule has 1 aliphatic rings. The van der Waals surface area contributed by atoms with Crippen molar-refractivity contribution in [2.45, 2.75) is 31.8 Å². The molecule has 1 fully saturated rings. The molecule has 0 heterocycles. The molecular weight excluding hydrogens is 215 g/mol. The Balaban J connectivity index is 2.04. The zero-order chi connectivity index (χ0) is 12.5. The first-order valence-electron chi connectivity index (χ1n) is 6.22. The molecular formula is C14H21FN2. The zero-order valence-corrected chi connectivity index (χ0v) is 10.6. The van der Waals surface area contributed by atoms with E-state index in [1.54, 1.807) is 0 Å². The van der Waals surface area contributed by atoms with Crippen molar-refractivity contribution in [1.82, 2.24) is 4.90 Å². The first kappa shape index (κ1) is 12.5. The summed E-state index contributed by atoms with van der Waals surface area (Å²) in [6.45, 7) is 3.73. The second-order valence-electron chi connectivity index (χ2n) is 5.32. The molecule has 1 aromatic rings. The van der Waals surface area contributed by atoms with Gasteiger partial charge in [0.05, 0.1) is 0 Å². The summed E-state index contributed by atoms with van der Waals surface area (Å²) in [7, 11) is 2.11. The minimum absolute atomic E-state index is 0.0778. The van der Waals surface area contributed by atoms with Crippen LogP contribution in [0.15, 0.2) is 24.3 Å². The molecule has 3 heteroatoms. The highest BCUT2D eigenvalue weighted by Crippen LogP contribution is 2.42. The van der Waals surface area contributed by atoms with E-state index >= 15 is 0 Å². The smallest absolute Gasteiger partial charge is 0.123 e. The number of nitrogens with zero attached hydrogens (tertiary/aromatic N) is 1. The topological polar surface area (TPSA) is 29.3 Å². The van der Waals surface area contributed by atoms with Crippen LogP contribution in [-0.4, -0.2) is 24.0 Å².